The first kappa shape index (κ1) is 51.9. The second-order valence-corrected chi connectivity index (χ2v) is 23.4. The van der Waals surface area contributed by atoms with Crippen molar-refractivity contribution in [2.24, 2.45) is 5.92 Å². The summed E-state index contributed by atoms with van der Waals surface area (Å²) in [6, 6.07) is 10.9. The van der Waals surface area contributed by atoms with Gasteiger partial charge in [0.15, 0.2) is 11.4 Å². The smallest absolute Gasteiger partial charge is 0.420 e. The first-order valence-corrected chi connectivity index (χ1v) is 28.9. The van der Waals surface area contributed by atoms with Crippen molar-refractivity contribution >= 4 is 96.7 Å². The second-order valence-electron chi connectivity index (χ2n) is 19.4. The number of carbonyl (C=O) groups is 2. The van der Waals surface area contributed by atoms with Gasteiger partial charge in [0, 0.05) is 93.0 Å². The lowest BCUT2D eigenvalue weighted by Gasteiger charge is -2.35. The molecule has 3 aliphatic rings. The number of aromatic nitrogens is 5. The molecule has 2 amide bonds. The SMILES string of the molecule is CCOc1cc(N2CCC(NCCNCCC3CCN(c4ccc5c(oc(=O)n5C5CCC(=O)NC5=O)c4F)CC3)CC2)c(CC)cc1Nc1ncc(Br)c(Nc2ccc3nc(CC)ncc3c2P(C)(C)=O)n1. The lowest BCUT2D eigenvalue weighted by Crippen LogP contribution is -2.44. The Kier molecular flexibility index (Phi) is 16.1. The summed E-state index contributed by atoms with van der Waals surface area (Å²) in [5.74, 6) is 0.464. The zero-order valence-corrected chi connectivity index (χ0v) is 44.6. The number of rotatable bonds is 19. The number of ether oxygens (including phenoxy) is 1. The van der Waals surface area contributed by atoms with Gasteiger partial charge in [-0.05, 0) is 129 Å². The van der Waals surface area contributed by atoms with Crippen molar-refractivity contribution in [3.05, 3.63) is 81.0 Å². The van der Waals surface area contributed by atoms with Crippen LogP contribution in [-0.4, -0.2) is 108 Å². The molecular formula is C52H65BrFN12O6P. The van der Waals surface area contributed by atoms with Crippen LogP contribution in [-0.2, 0) is 27.0 Å². The van der Waals surface area contributed by atoms with E-state index in [4.69, 9.17) is 14.1 Å². The van der Waals surface area contributed by atoms with Crippen molar-refractivity contribution in [3.8, 4) is 5.75 Å². The Morgan fingerprint density at radius 3 is 2.36 bits per heavy atom. The fourth-order valence-corrected chi connectivity index (χ4v) is 12.2. The number of fused-ring (bicyclic) bond motifs is 2. The van der Waals surface area contributed by atoms with E-state index in [-0.39, 0.29) is 23.9 Å². The number of oxazole rings is 1. The number of piperidine rings is 3. The van der Waals surface area contributed by atoms with E-state index in [0.717, 1.165) is 104 Å². The van der Waals surface area contributed by atoms with E-state index in [2.05, 4.69) is 81.4 Å². The van der Waals surface area contributed by atoms with Crippen LogP contribution in [0, 0.1) is 11.7 Å². The topological polar surface area (TPSA) is 214 Å². The third-order valence-electron chi connectivity index (χ3n) is 14.2. The standard InChI is InChI=1S/C52H65BrFN12O6P/c1-6-32-27-38(61-51-58-30-35(53)49(63-51)60-37-10-9-36-34(48(37)73(4,5)70)29-57-44(7-2)59-36)43(71-8-3)28-42(32)65-25-18-33(19-26-65)56-22-21-55-20-15-31-16-23-64(24-17-31)39-11-12-40-47(46(39)54)72-52(69)66(40)41-13-14-45(67)62-50(41)68/h9-12,27-31,33,41,55-56H,6-8,13-26H2,1-5H3,(H,62,67,68)(H2,58,60,61,63). The van der Waals surface area contributed by atoms with Crippen LogP contribution >= 0.6 is 23.1 Å². The zero-order valence-electron chi connectivity index (χ0n) is 42.2. The molecule has 0 radical (unpaired) electrons. The zero-order chi connectivity index (χ0) is 51.4. The molecule has 5 N–H and O–H groups in total. The van der Waals surface area contributed by atoms with Crippen molar-refractivity contribution in [1.29, 1.82) is 0 Å². The maximum atomic E-state index is 15.8. The average Bonchev–Trinajstić information content (AvgIpc) is 3.72. The summed E-state index contributed by atoms with van der Waals surface area (Å²) in [6.45, 7) is 16.0. The quantitative estimate of drug-likeness (QED) is 0.0296. The second kappa shape index (κ2) is 22.7. The molecule has 18 nitrogen and oxygen atoms in total. The van der Waals surface area contributed by atoms with Gasteiger partial charge in [-0.1, -0.05) is 13.8 Å². The highest BCUT2D eigenvalue weighted by Gasteiger charge is 2.33. The molecule has 6 heterocycles. The van der Waals surface area contributed by atoms with E-state index in [1.807, 2.05) is 30.9 Å². The van der Waals surface area contributed by atoms with Crippen LogP contribution in [0.15, 0.2) is 62.5 Å². The number of aryl methyl sites for hydroxylation is 2. The molecule has 3 aliphatic heterocycles. The molecular weight excluding hydrogens is 1020 g/mol. The van der Waals surface area contributed by atoms with Crippen LogP contribution in [0.3, 0.4) is 0 Å². The van der Waals surface area contributed by atoms with Crippen molar-refractivity contribution in [2.75, 3.05) is 86.2 Å². The highest BCUT2D eigenvalue weighted by atomic mass is 79.9. The van der Waals surface area contributed by atoms with Crippen LogP contribution in [0.2, 0.25) is 0 Å². The molecule has 388 valence electrons. The third-order valence-corrected chi connectivity index (χ3v) is 16.4. The fraction of sp³-hybridized carbons (Fsp3) is 0.481. The highest BCUT2D eigenvalue weighted by molar-refractivity contribution is 9.10. The minimum Gasteiger partial charge on any atom is -0.492 e. The van der Waals surface area contributed by atoms with Crippen molar-refractivity contribution in [3.63, 3.8) is 0 Å². The van der Waals surface area contributed by atoms with E-state index < -0.39 is 36.6 Å². The summed E-state index contributed by atoms with van der Waals surface area (Å²) in [5.41, 5.74) is 4.99. The minimum atomic E-state index is -2.79. The normalized spacial score (nSPS) is 17.2. The molecule has 6 aromatic rings. The average molecular weight is 1080 g/mol. The van der Waals surface area contributed by atoms with Gasteiger partial charge in [-0.3, -0.25) is 19.5 Å². The lowest BCUT2D eigenvalue weighted by molar-refractivity contribution is -0.135. The Morgan fingerprint density at radius 2 is 1.63 bits per heavy atom. The number of hydrogen-bond donors (Lipinski definition) is 5. The van der Waals surface area contributed by atoms with E-state index in [1.165, 1.54) is 11.3 Å². The Balaban J connectivity index is 0.738. The molecule has 1 atom stereocenters. The lowest BCUT2D eigenvalue weighted by atomic mass is 9.93. The predicted octanol–water partition coefficient (Wildman–Crippen LogP) is 7.92. The van der Waals surface area contributed by atoms with E-state index >= 15 is 4.39 Å². The van der Waals surface area contributed by atoms with Crippen LogP contribution in [0.5, 0.6) is 5.75 Å². The van der Waals surface area contributed by atoms with Gasteiger partial charge in [0.05, 0.1) is 39.2 Å². The number of hydrogen-bond acceptors (Lipinski definition) is 16. The first-order valence-electron chi connectivity index (χ1n) is 25.5. The largest absolute Gasteiger partial charge is 0.492 e. The predicted molar refractivity (Wildman–Crippen MR) is 289 cm³/mol. The number of imide groups is 1. The molecule has 0 saturated carbocycles. The van der Waals surface area contributed by atoms with E-state index in [9.17, 15) is 18.9 Å². The van der Waals surface area contributed by atoms with Gasteiger partial charge >= 0.3 is 5.76 Å². The molecule has 0 spiro atoms. The van der Waals surface area contributed by atoms with Crippen molar-refractivity contribution < 1.29 is 27.7 Å². The summed E-state index contributed by atoms with van der Waals surface area (Å²) in [4.78, 5) is 60.0. The van der Waals surface area contributed by atoms with Crippen LogP contribution in [0.4, 0.5) is 38.9 Å². The monoisotopic (exact) mass is 1080 g/mol. The number of nitrogens with one attached hydrogen (secondary N) is 5. The number of carbonyl (C=O) groups excluding carboxylic acids is 2. The van der Waals surface area contributed by atoms with Gasteiger partial charge in [0.1, 0.15) is 30.6 Å². The molecule has 9 rings (SSSR count). The van der Waals surface area contributed by atoms with Crippen molar-refractivity contribution in [1.82, 2.24) is 40.5 Å². The summed E-state index contributed by atoms with van der Waals surface area (Å²) in [5, 5.41) is 17.9. The molecule has 3 aromatic carbocycles. The first-order chi connectivity index (χ1) is 35.2. The van der Waals surface area contributed by atoms with Gasteiger partial charge in [-0.25, -0.2) is 24.1 Å². The Hall–Kier alpha value is -5.95. The summed E-state index contributed by atoms with van der Waals surface area (Å²) in [6.07, 6.45) is 10.2. The number of benzene rings is 3. The van der Waals surface area contributed by atoms with Gasteiger partial charge < -0.3 is 44.8 Å². The Morgan fingerprint density at radius 1 is 0.863 bits per heavy atom. The van der Waals surface area contributed by atoms with Crippen LogP contribution < -0.4 is 52.2 Å². The van der Waals surface area contributed by atoms with Crippen molar-refractivity contribution in [2.45, 2.75) is 90.6 Å². The van der Waals surface area contributed by atoms with E-state index in [0.29, 0.717) is 71.0 Å². The molecule has 21 heteroatoms. The van der Waals surface area contributed by atoms with Gasteiger partial charge in [-0.15, -0.1) is 0 Å². The van der Waals surface area contributed by atoms with Gasteiger partial charge in [-0.2, -0.15) is 4.98 Å². The maximum Gasteiger partial charge on any atom is 0.420 e. The number of halogens is 2. The van der Waals surface area contributed by atoms with Crippen LogP contribution in [0.25, 0.3) is 22.0 Å². The maximum absolute atomic E-state index is 15.8. The third kappa shape index (κ3) is 11.6. The molecule has 0 bridgehead atoms. The van der Waals surface area contributed by atoms with E-state index in [1.54, 1.807) is 37.9 Å². The fourth-order valence-electron chi connectivity index (χ4n) is 10.4. The van der Waals surface area contributed by atoms with Crippen LogP contribution in [0.1, 0.15) is 83.1 Å². The van der Waals surface area contributed by atoms with Gasteiger partial charge in [0.25, 0.3) is 0 Å². The molecule has 3 aromatic heterocycles. The molecule has 1 unspecified atom stereocenters. The Bertz CT molecular complexity index is 3110. The summed E-state index contributed by atoms with van der Waals surface area (Å²) >= 11 is 3.62. The minimum absolute atomic E-state index is 0.0971. The molecule has 3 fully saturated rings. The molecule has 73 heavy (non-hydrogen) atoms. The number of anilines is 6. The number of amides is 2. The molecule has 0 aliphatic carbocycles. The van der Waals surface area contributed by atoms with Gasteiger partial charge in [0.2, 0.25) is 17.8 Å². The Labute approximate surface area is 432 Å². The molecule has 3 saturated heterocycles. The highest BCUT2D eigenvalue weighted by Crippen LogP contribution is 2.42. The number of nitrogens with zero attached hydrogens (tertiary/aromatic N) is 7. The summed E-state index contributed by atoms with van der Waals surface area (Å²) in [7, 11) is -2.79. The summed E-state index contributed by atoms with van der Waals surface area (Å²) < 4.78 is 42.9.